The Morgan fingerprint density at radius 1 is 0.783 bits per heavy atom. The number of hydrogen-bond donors (Lipinski definition) is 1. The van der Waals surface area contributed by atoms with Crippen molar-refractivity contribution in [3.63, 3.8) is 0 Å². The molecule has 1 atom stereocenters. The molecule has 134 valence electrons. The molecule has 0 aromatic heterocycles. The van der Waals surface area contributed by atoms with Crippen LogP contribution in [0.2, 0.25) is 0 Å². The molecule has 1 N–H and O–H groups in total. The quantitative estimate of drug-likeness (QED) is 0.257. The first kappa shape index (κ1) is 26.1. The van der Waals surface area contributed by atoms with Crippen LogP contribution in [0.15, 0.2) is 0 Å². The fraction of sp³-hybridized carbons (Fsp3) is 1.00. The van der Waals surface area contributed by atoms with Gasteiger partial charge in [-0.2, -0.15) is 0 Å². The van der Waals surface area contributed by atoms with E-state index in [1.807, 2.05) is 0 Å². The maximum absolute atomic E-state index is 10.4. The Hall–Kier alpha value is 0.870. The molecule has 0 aliphatic heterocycles. The SMILES string of the molecule is CCCCCCC(O)CCCCCCCCCCS(=O)(=O)[O-].[Na+]. The maximum Gasteiger partial charge on any atom is 1.00 e. The van der Waals surface area contributed by atoms with Crippen molar-refractivity contribution in [2.75, 3.05) is 5.75 Å². The third-order valence-electron chi connectivity index (χ3n) is 4.07. The van der Waals surface area contributed by atoms with Crippen LogP contribution in [-0.2, 0) is 10.1 Å². The molecule has 1 unspecified atom stereocenters. The van der Waals surface area contributed by atoms with Crippen LogP contribution in [0.1, 0.15) is 96.8 Å². The molecule has 0 aromatic carbocycles. The molecule has 23 heavy (non-hydrogen) atoms. The Balaban J connectivity index is 0. The average molecular weight is 359 g/mol. The fourth-order valence-corrected chi connectivity index (χ4v) is 3.23. The van der Waals surface area contributed by atoms with E-state index < -0.39 is 10.1 Å². The monoisotopic (exact) mass is 358 g/mol. The van der Waals surface area contributed by atoms with E-state index in [9.17, 15) is 18.1 Å². The summed E-state index contributed by atoms with van der Waals surface area (Å²) in [5.41, 5.74) is 0. The first-order chi connectivity index (χ1) is 10.5. The Bertz CT molecular complexity index is 333. The predicted octanol–water partition coefficient (Wildman–Crippen LogP) is 1.38. The molecule has 4 nitrogen and oxygen atoms in total. The van der Waals surface area contributed by atoms with Gasteiger partial charge in [0, 0.05) is 5.75 Å². The van der Waals surface area contributed by atoms with Crippen LogP contribution in [0.4, 0.5) is 0 Å². The van der Waals surface area contributed by atoms with Crippen LogP contribution in [0, 0.1) is 0 Å². The van der Waals surface area contributed by atoms with Gasteiger partial charge in [-0.3, -0.25) is 0 Å². The molecule has 0 aliphatic rings. The summed E-state index contributed by atoms with van der Waals surface area (Å²) in [6.45, 7) is 2.20. The van der Waals surface area contributed by atoms with E-state index in [4.69, 9.17) is 0 Å². The summed E-state index contributed by atoms with van der Waals surface area (Å²) in [6.07, 6.45) is 14.7. The summed E-state index contributed by atoms with van der Waals surface area (Å²) < 4.78 is 31.2. The third-order valence-corrected chi connectivity index (χ3v) is 4.86. The predicted molar refractivity (Wildman–Crippen MR) is 90.9 cm³/mol. The maximum atomic E-state index is 10.4. The number of unbranched alkanes of at least 4 members (excludes halogenated alkanes) is 10. The molecule has 0 fully saturated rings. The molecule has 0 radical (unpaired) electrons. The van der Waals surface area contributed by atoms with Crippen LogP contribution in [0.5, 0.6) is 0 Å². The number of aliphatic hydroxyl groups is 1. The van der Waals surface area contributed by atoms with Crippen molar-refractivity contribution in [1.29, 1.82) is 0 Å². The molecule has 0 bridgehead atoms. The summed E-state index contributed by atoms with van der Waals surface area (Å²) in [5, 5.41) is 9.84. The van der Waals surface area contributed by atoms with Gasteiger partial charge in [0.15, 0.2) is 0 Å². The van der Waals surface area contributed by atoms with E-state index in [2.05, 4.69) is 6.92 Å². The Morgan fingerprint density at radius 3 is 1.61 bits per heavy atom. The van der Waals surface area contributed by atoms with Crippen LogP contribution in [0.25, 0.3) is 0 Å². The van der Waals surface area contributed by atoms with Gasteiger partial charge in [-0.15, -0.1) is 0 Å². The van der Waals surface area contributed by atoms with Crippen molar-refractivity contribution < 1.29 is 47.6 Å². The van der Waals surface area contributed by atoms with Crippen LogP contribution >= 0.6 is 0 Å². The van der Waals surface area contributed by atoms with Gasteiger partial charge in [-0.25, -0.2) is 8.42 Å². The van der Waals surface area contributed by atoms with Crippen molar-refractivity contribution in [2.24, 2.45) is 0 Å². The van der Waals surface area contributed by atoms with Crippen molar-refractivity contribution in [2.45, 2.75) is 103 Å². The van der Waals surface area contributed by atoms with E-state index in [0.717, 1.165) is 51.4 Å². The van der Waals surface area contributed by atoms with Crippen LogP contribution in [0.3, 0.4) is 0 Å². The molecule has 0 aromatic rings. The number of hydrogen-bond acceptors (Lipinski definition) is 4. The summed E-state index contributed by atoms with van der Waals surface area (Å²) in [4.78, 5) is 0. The minimum atomic E-state index is -4.02. The van der Waals surface area contributed by atoms with Gasteiger partial charge in [0.05, 0.1) is 16.2 Å². The summed E-state index contributed by atoms with van der Waals surface area (Å²) in [5.74, 6) is -0.219. The second kappa shape index (κ2) is 17.7. The van der Waals surface area contributed by atoms with Crippen LogP contribution in [-0.4, -0.2) is 29.9 Å². The van der Waals surface area contributed by atoms with Crippen molar-refractivity contribution in [3.8, 4) is 0 Å². The van der Waals surface area contributed by atoms with Gasteiger partial charge in [0.1, 0.15) is 0 Å². The van der Waals surface area contributed by atoms with Gasteiger partial charge in [0.2, 0.25) is 0 Å². The largest absolute Gasteiger partial charge is 1.00 e. The summed E-state index contributed by atoms with van der Waals surface area (Å²) in [7, 11) is -4.02. The average Bonchev–Trinajstić information content (AvgIpc) is 2.44. The van der Waals surface area contributed by atoms with Gasteiger partial charge in [-0.05, 0) is 19.3 Å². The summed E-state index contributed by atoms with van der Waals surface area (Å²) in [6, 6.07) is 0. The molecular formula is C17H35NaO4S. The van der Waals surface area contributed by atoms with Crippen molar-refractivity contribution >= 4 is 10.1 Å². The van der Waals surface area contributed by atoms with Crippen LogP contribution < -0.4 is 29.6 Å². The zero-order valence-corrected chi connectivity index (χ0v) is 18.1. The van der Waals surface area contributed by atoms with Gasteiger partial charge in [0.25, 0.3) is 0 Å². The standard InChI is InChI=1S/C17H36O4S.Na/c1-2-3-4-11-14-17(18)15-12-9-7-5-6-8-10-13-16-22(19,20)21;/h17-18H,2-16H2,1H3,(H,19,20,21);/q;+1/p-1. The molecule has 0 saturated carbocycles. The van der Waals surface area contributed by atoms with E-state index in [1.165, 1.54) is 32.1 Å². The van der Waals surface area contributed by atoms with E-state index in [0.29, 0.717) is 6.42 Å². The van der Waals surface area contributed by atoms with E-state index in [-0.39, 0.29) is 41.4 Å². The van der Waals surface area contributed by atoms with Gasteiger partial charge in [-0.1, -0.05) is 77.6 Å². The smallest absolute Gasteiger partial charge is 0.748 e. The second-order valence-electron chi connectivity index (χ2n) is 6.38. The zero-order chi connectivity index (χ0) is 16.7. The fourth-order valence-electron chi connectivity index (χ4n) is 2.67. The van der Waals surface area contributed by atoms with Crippen molar-refractivity contribution in [3.05, 3.63) is 0 Å². The second-order valence-corrected chi connectivity index (χ2v) is 7.91. The van der Waals surface area contributed by atoms with Crippen molar-refractivity contribution in [1.82, 2.24) is 0 Å². The molecule has 0 heterocycles. The molecule has 0 aliphatic carbocycles. The summed E-state index contributed by atoms with van der Waals surface area (Å²) >= 11 is 0. The minimum Gasteiger partial charge on any atom is -0.748 e. The van der Waals surface area contributed by atoms with Gasteiger partial charge < -0.3 is 9.66 Å². The molecular weight excluding hydrogens is 323 g/mol. The minimum absolute atomic E-state index is 0. The molecule has 0 amide bonds. The normalized spacial score (nSPS) is 12.8. The van der Waals surface area contributed by atoms with E-state index in [1.54, 1.807) is 0 Å². The molecule has 0 spiro atoms. The molecule has 0 rings (SSSR count). The first-order valence-electron chi connectivity index (χ1n) is 9.07. The molecule has 0 saturated heterocycles. The Morgan fingerprint density at radius 2 is 1.17 bits per heavy atom. The zero-order valence-electron chi connectivity index (χ0n) is 15.3. The van der Waals surface area contributed by atoms with Gasteiger partial charge >= 0.3 is 29.6 Å². The number of aliphatic hydroxyl groups excluding tert-OH is 1. The number of rotatable bonds is 16. The van der Waals surface area contributed by atoms with E-state index >= 15 is 0 Å². The Labute approximate surface area is 165 Å². The first-order valence-corrected chi connectivity index (χ1v) is 10.6. The molecule has 6 heteroatoms. The topological polar surface area (TPSA) is 77.4 Å². The third kappa shape index (κ3) is 22.9. The Kier molecular flexibility index (Phi) is 20.1.